The molecule has 0 atom stereocenters. The molecule has 0 aliphatic heterocycles. The smallest absolute Gasteiger partial charge is 0.374 e. The number of methoxy groups -OCH3 is 2. The summed E-state index contributed by atoms with van der Waals surface area (Å²) >= 11 is 0. The summed E-state index contributed by atoms with van der Waals surface area (Å²) in [6, 6.07) is 1.59. The van der Waals surface area contributed by atoms with Crippen molar-refractivity contribution in [1.82, 2.24) is 5.16 Å². The summed E-state index contributed by atoms with van der Waals surface area (Å²) in [5, 5.41) is 12.2. The number of aromatic nitrogens is 1. The molecule has 0 saturated heterocycles. The van der Waals surface area contributed by atoms with Crippen LogP contribution >= 0.6 is 0 Å². The Morgan fingerprint density at radius 2 is 1.85 bits per heavy atom. The van der Waals surface area contributed by atoms with Crippen molar-refractivity contribution in [1.29, 1.82) is 0 Å². The normalized spacial score (nSPS) is 10.4. The number of benzene rings is 1. The first kappa shape index (κ1) is 13.8. The SMILES string of the molecule is COc1c(F)cc(F)c(-c2cc(C(=O)O)on2)c1OC. The van der Waals surface area contributed by atoms with E-state index in [2.05, 4.69) is 9.68 Å². The van der Waals surface area contributed by atoms with Crippen molar-refractivity contribution in [3.05, 3.63) is 29.5 Å². The van der Waals surface area contributed by atoms with Crippen molar-refractivity contribution >= 4 is 5.97 Å². The molecular weight excluding hydrogens is 276 g/mol. The van der Waals surface area contributed by atoms with Gasteiger partial charge in [0.2, 0.25) is 5.76 Å². The monoisotopic (exact) mass is 285 g/mol. The van der Waals surface area contributed by atoms with Crippen LogP contribution in [-0.2, 0) is 0 Å². The minimum absolute atomic E-state index is 0.143. The maximum Gasteiger partial charge on any atom is 0.374 e. The molecule has 8 heteroatoms. The molecule has 2 aromatic rings. The van der Waals surface area contributed by atoms with Crippen molar-refractivity contribution < 1.29 is 32.7 Å². The van der Waals surface area contributed by atoms with Gasteiger partial charge < -0.3 is 19.1 Å². The van der Waals surface area contributed by atoms with Crippen molar-refractivity contribution in [2.45, 2.75) is 0 Å². The topological polar surface area (TPSA) is 81.8 Å². The second-order valence-electron chi connectivity index (χ2n) is 3.66. The molecule has 1 aromatic carbocycles. The quantitative estimate of drug-likeness (QED) is 0.928. The van der Waals surface area contributed by atoms with Gasteiger partial charge in [-0.15, -0.1) is 0 Å². The highest BCUT2D eigenvalue weighted by Crippen LogP contribution is 2.41. The van der Waals surface area contributed by atoms with Gasteiger partial charge in [0.15, 0.2) is 17.3 Å². The maximum atomic E-state index is 13.9. The first-order valence-electron chi connectivity index (χ1n) is 5.30. The zero-order valence-electron chi connectivity index (χ0n) is 10.4. The summed E-state index contributed by atoms with van der Waals surface area (Å²) in [6.07, 6.45) is 0. The Balaban J connectivity index is 2.68. The number of halogens is 2. The van der Waals surface area contributed by atoms with Crippen LogP contribution in [0.2, 0.25) is 0 Å². The maximum absolute atomic E-state index is 13.9. The van der Waals surface area contributed by atoms with Crippen LogP contribution in [0.1, 0.15) is 10.6 Å². The molecule has 1 aromatic heterocycles. The number of carboxylic acids is 1. The van der Waals surface area contributed by atoms with Gasteiger partial charge in [0.05, 0.1) is 19.8 Å². The number of hydrogen-bond acceptors (Lipinski definition) is 5. The van der Waals surface area contributed by atoms with Crippen LogP contribution < -0.4 is 9.47 Å². The van der Waals surface area contributed by atoms with Gasteiger partial charge in [-0.05, 0) is 0 Å². The van der Waals surface area contributed by atoms with Crippen LogP contribution in [0, 0.1) is 11.6 Å². The Morgan fingerprint density at radius 3 is 2.35 bits per heavy atom. The molecule has 0 aliphatic rings. The highest BCUT2D eigenvalue weighted by Gasteiger charge is 2.25. The molecule has 20 heavy (non-hydrogen) atoms. The molecule has 6 nitrogen and oxygen atoms in total. The molecule has 0 radical (unpaired) electrons. The summed E-state index contributed by atoms with van der Waals surface area (Å²) in [5.74, 6) is -4.33. The summed E-state index contributed by atoms with van der Waals surface area (Å²) in [6.45, 7) is 0. The Labute approximate surface area is 111 Å². The summed E-state index contributed by atoms with van der Waals surface area (Å²) in [4.78, 5) is 10.7. The van der Waals surface area contributed by atoms with E-state index in [9.17, 15) is 13.6 Å². The van der Waals surface area contributed by atoms with Gasteiger partial charge >= 0.3 is 5.97 Å². The Hall–Kier alpha value is -2.64. The average Bonchev–Trinajstić information content (AvgIpc) is 2.87. The van der Waals surface area contributed by atoms with Crippen LogP contribution in [0.4, 0.5) is 8.78 Å². The number of nitrogens with zero attached hydrogens (tertiary/aromatic N) is 1. The van der Waals surface area contributed by atoms with E-state index in [1.54, 1.807) is 0 Å². The molecule has 1 N–H and O–H groups in total. The predicted molar refractivity (Wildman–Crippen MR) is 61.9 cm³/mol. The minimum Gasteiger partial charge on any atom is -0.492 e. The Morgan fingerprint density at radius 1 is 1.20 bits per heavy atom. The van der Waals surface area contributed by atoms with Crippen molar-refractivity contribution in [2.24, 2.45) is 0 Å². The van der Waals surface area contributed by atoms with Crippen LogP contribution in [-0.4, -0.2) is 30.5 Å². The van der Waals surface area contributed by atoms with Crippen LogP contribution in [0.15, 0.2) is 16.7 Å². The summed E-state index contributed by atoms with van der Waals surface area (Å²) in [7, 11) is 2.38. The Bertz CT molecular complexity index is 668. The lowest BCUT2D eigenvalue weighted by Gasteiger charge is -2.12. The van der Waals surface area contributed by atoms with E-state index >= 15 is 0 Å². The molecule has 0 fully saturated rings. The molecule has 0 unspecified atom stereocenters. The number of aromatic carboxylic acids is 1. The first-order chi connectivity index (χ1) is 9.49. The van der Waals surface area contributed by atoms with E-state index in [0.717, 1.165) is 6.07 Å². The minimum atomic E-state index is -1.36. The van der Waals surface area contributed by atoms with Crippen molar-refractivity contribution in [3.63, 3.8) is 0 Å². The molecule has 0 saturated carbocycles. The van der Waals surface area contributed by atoms with Gasteiger partial charge in [0.1, 0.15) is 11.5 Å². The number of carboxylic acid groups (broad SMARTS) is 1. The largest absolute Gasteiger partial charge is 0.492 e. The van der Waals surface area contributed by atoms with E-state index in [1.165, 1.54) is 14.2 Å². The number of rotatable bonds is 4. The zero-order chi connectivity index (χ0) is 14.9. The van der Waals surface area contributed by atoms with Gasteiger partial charge in [0.25, 0.3) is 0 Å². The van der Waals surface area contributed by atoms with Gasteiger partial charge in [-0.1, -0.05) is 5.16 Å². The van der Waals surface area contributed by atoms with Crippen molar-refractivity contribution in [2.75, 3.05) is 14.2 Å². The molecule has 0 bridgehead atoms. The lowest BCUT2D eigenvalue weighted by atomic mass is 10.1. The number of hydrogen-bond donors (Lipinski definition) is 1. The van der Waals surface area contributed by atoms with Gasteiger partial charge in [-0.2, -0.15) is 0 Å². The second kappa shape index (κ2) is 5.16. The van der Waals surface area contributed by atoms with Crippen LogP contribution in [0.3, 0.4) is 0 Å². The second-order valence-corrected chi connectivity index (χ2v) is 3.66. The van der Waals surface area contributed by atoms with Gasteiger partial charge in [-0.25, -0.2) is 13.6 Å². The van der Waals surface area contributed by atoms with E-state index < -0.39 is 23.4 Å². The lowest BCUT2D eigenvalue weighted by molar-refractivity contribution is 0.0652. The standard InChI is InChI=1S/C12H9F2NO5/c1-18-10-6(14)3-5(13)9(11(10)19-2)7-4-8(12(16)17)20-15-7/h3-4H,1-2H3,(H,16,17). The Kier molecular flexibility index (Phi) is 3.55. The van der Waals surface area contributed by atoms with E-state index in [0.29, 0.717) is 6.07 Å². The van der Waals surface area contributed by atoms with E-state index in [4.69, 9.17) is 14.6 Å². The summed E-state index contributed by atoms with van der Waals surface area (Å²) < 4.78 is 41.7. The van der Waals surface area contributed by atoms with E-state index in [1.807, 2.05) is 0 Å². The van der Waals surface area contributed by atoms with Gasteiger partial charge in [0, 0.05) is 12.1 Å². The van der Waals surface area contributed by atoms with Gasteiger partial charge in [-0.3, -0.25) is 0 Å². The average molecular weight is 285 g/mol. The lowest BCUT2D eigenvalue weighted by Crippen LogP contribution is -1.99. The molecule has 2 rings (SSSR count). The third-order valence-electron chi connectivity index (χ3n) is 2.53. The highest BCUT2D eigenvalue weighted by atomic mass is 19.1. The molecule has 0 amide bonds. The first-order valence-corrected chi connectivity index (χ1v) is 5.30. The number of carbonyl (C=O) groups is 1. The summed E-state index contributed by atoms with van der Waals surface area (Å²) in [5.41, 5.74) is -0.392. The molecule has 106 valence electrons. The highest BCUT2D eigenvalue weighted by molar-refractivity contribution is 5.86. The van der Waals surface area contributed by atoms with Crippen LogP contribution in [0.5, 0.6) is 11.5 Å². The van der Waals surface area contributed by atoms with Crippen LogP contribution in [0.25, 0.3) is 11.3 Å². The fourth-order valence-corrected chi connectivity index (χ4v) is 1.70. The van der Waals surface area contributed by atoms with Crippen molar-refractivity contribution in [3.8, 4) is 22.8 Å². The fourth-order valence-electron chi connectivity index (χ4n) is 1.70. The molecule has 1 heterocycles. The molecular formula is C12H9F2NO5. The third kappa shape index (κ3) is 2.15. The fraction of sp³-hybridized carbons (Fsp3) is 0.167. The third-order valence-corrected chi connectivity index (χ3v) is 2.53. The predicted octanol–water partition coefficient (Wildman–Crippen LogP) is 2.34. The molecule has 0 aliphatic carbocycles. The zero-order valence-corrected chi connectivity index (χ0v) is 10.4. The van der Waals surface area contributed by atoms with E-state index in [-0.39, 0.29) is 22.8 Å². The number of ether oxygens (including phenoxy) is 2. The molecule has 0 spiro atoms.